The Morgan fingerprint density at radius 2 is 1.92 bits per heavy atom. The molecule has 0 N–H and O–H groups in total. The van der Waals surface area contributed by atoms with Crippen LogP contribution in [0.2, 0.25) is 0 Å². The highest BCUT2D eigenvalue weighted by Crippen LogP contribution is 2.25. The molecule has 1 aromatic rings. The Bertz CT molecular complexity index is 313. The smallest absolute Gasteiger partial charge is 0.187 e. The van der Waals surface area contributed by atoms with Crippen molar-refractivity contribution in [2.24, 2.45) is 0 Å². The van der Waals surface area contributed by atoms with Crippen molar-refractivity contribution in [3.05, 3.63) is 41.2 Å². The Morgan fingerprint density at radius 1 is 1.25 bits per heavy atom. The minimum atomic E-state index is 0.140. The summed E-state index contributed by atoms with van der Waals surface area (Å²) < 4.78 is 0. The summed E-state index contributed by atoms with van der Waals surface area (Å²) in [5.41, 5.74) is 2.08. The highest BCUT2D eigenvalue weighted by molar-refractivity contribution is 5.47. The Morgan fingerprint density at radius 3 is 2.42 bits per heavy atom. The number of hydrogen-bond donors (Lipinski definition) is 0. The van der Waals surface area contributed by atoms with Crippen LogP contribution in [0, 0.1) is 6.57 Å². The lowest BCUT2D eigenvalue weighted by Crippen LogP contribution is -2.10. The molecule has 0 saturated carbocycles. The standard InChI is InChI=1S/C11H13N/c1-11(2,3)9-6-5-7-10(8-9)12-4/h5-8H,1-3H3. The Balaban J connectivity index is 3.13. The van der Waals surface area contributed by atoms with Crippen LogP contribution in [0.5, 0.6) is 0 Å². The first-order valence-electron chi connectivity index (χ1n) is 4.02. The first-order valence-corrected chi connectivity index (χ1v) is 4.02. The lowest BCUT2D eigenvalue weighted by atomic mass is 9.87. The number of rotatable bonds is 0. The molecule has 0 bridgehead atoms. The summed E-state index contributed by atoms with van der Waals surface area (Å²) in [6, 6.07) is 7.79. The maximum atomic E-state index is 6.87. The zero-order valence-corrected chi connectivity index (χ0v) is 7.76. The molecule has 1 rings (SSSR count). The van der Waals surface area contributed by atoms with Crippen molar-refractivity contribution in [3.8, 4) is 0 Å². The van der Waals surface area contributed by atoms with Gasteiger partial charge in [-0.3, -0.25) is 0 Å². The molecule has 0 amide bonds. The third-order valence-electron chi connectivity index (χ3n) is 1.84. The molecule has 0 atom stereocenters. The number of hydrogen-bond acceptors (Lipinski definition) is 0. The van der Waals surface area contributed by atoms with Crippen LogP contribution in [0.3, 0.4) is 0 Å². The van der Waals surface area contributed by atoms with Crippen LogP contribution in [0.4, 0.5) is 5.69 Å². The second kappa shape index (κ2) is 2.98. The molecule has 0 aliphatic heterocycles. The van der Waals surface area contributed by atoms with Crippen LogP contribution in [0.15, 0.2) is 24.3 Å². The van der Waals surface area contributed by atoms with Crippen LogP contribution < -0.4 is 0 Å². The van der Waals surface area contributed by atoms with Gasteiger partial charge in [0, 0.05) is 0 Å². The topological polar surface area (TPSA) is 4.36 Å². The third kappa shape index (κ3) is 1.85. The van der Waals surface area contributed by atoms with Crippen molar-refractivity contribution in [1.29, 1.82) is 0 Å². The molecule has 0 aliphatic rings. The summed E-state index contributed by atoms with van der Waals surface area (Å²) in [4.78, 5) is 3.39. The van der Waals surface area contributed by atoms with Gasteiger partial charge in [0.1, 0.15) is 0 Å². The summed E-state index contributed by atoms with van der Waals surface area (Å²) in [5, 5.41) is 0. The van der Waals surface area contributed by atoms with E-state index >= 15 is 0 Å². The first-order chi connectivity index (χ1) is 5.54. The fraction of sp³-hybridized carbons (Fsp3) is 0.364. The van der Waals surface area contributed by atoms with Gasteiger partial charge in [-0.05, 0) is 5.41 Å². The molecular formula is C11H13N. The van der Waals surface area contributed by atoms with E-state index in [0.29, 0.717) is 0 Å². The molecule has 0 saturated heterocycles. The van der Waals surface area contributed by atoms with E-state index < -0.39 is 0 Å². The largest absolute Gasteiger partial charge is 0.238 e. The SMILES string of the molecule is [C-]#[N+]c1cccc(C(C)(C)C)c1. The predicted molar refractivity (Wildman–Crippen MR) is 51.4 cm³/mol. The summed E-state index contributed by atoms with van der Waals surface area (Å²) in [6.45, 7) is 13.3. The minimum Gasteiger partial charge on any atom is -0.238 e. The lowest BCUT2D eigenvalue weighted by molar-refractivity contribution is 0.590. The maximum absolute atomic E-state index is 6.87. The highest BCUT2D eigenvalue weighted by Gasteiger charge is 2.12. The Kier molecular flexibility index (Phi) is 2.19. The van der Waals surface area contributed by atoms with Gasteiger partial charge in [0.2, 0.25) is 0 Å². The monoisotopic (exact) mass is 159 g/mol. The molecule has 62 valence electrons. The second-order valence-corrected chi connectivity index (χ2v) is 3.91. The number of benzene rings is 1. The van der Waals surface area contributed by atoms with Crippen LogP contribution in [0.25, 0.3) is 4.85 Å². The van der Waals surface area contributed by atoms with Crippen molar-refractivity contribution in [2.45, 2.75) is 26.2 Å². The van der Waals surface area contributed by atoms with Crippen molar-refractivity contribution in [1.82, 2.24) is 0 Å². The van der Waals surface area contributed by atoms with Gasteiger partial charge in [0.05, 0.1) is 6.57 Å². The molecule has 1 aromatic carbocycles. The van der Waals surface area contributed by atoms with Crippen molar-refractivity contribution in [2.75, 3.05) is 0 Å². The Hall–Kier alpha value is -1.29. The van der Waals surface area contributed by atoms with Gasteiger partial charge in [-0.15, -0.1) is 0 Å². The Labute approximate surface area is 73.9 Å². The van der Waals surface area contributed by atoms with E-state index in [1.165, 1.54) is 5.56 Å². The fourth-order valence-corrected chi connectivity index (χ4v) is 1.04. The molecule has 0 aromatic heterocycles. The van der Waals surface area contributed by atoms with Crippen LogP contribution in [-0.2, 0) is 5.41 Å². The molecule has 1 heteroatoms. The van der Waals surface area contributed by atoms with E-state index in [1.54, 1.807) is 0 Å². The van der Waals surface area contributed by atoms with Crippen molar-refractivity contribution >= 4 is 5.69 Å². The van der Waals surface area contributed by atoms with Gasteiger partial charge in [-0.25, -0.2) is 4.85 Å². The van der Waals surface area contributed by atoms with Crippen LogP contribution in [-0.4, -0.2) is 0 Å². The average Bonchev–Trinajstić information content (AvgIpc) is 2.03. The van der Waals surface area contributed by atoms with E-state index in [0.717, 1.165) is 5.69 Å². The number of nitrogens with zero attached hydrogens (tertiary/aromatic N) is 1. The molecule has 12 heavy (non-hydrogen) atoms. The van der Waals surface area contributed by atoms with Gasteiger partial charge < -0.3 is 0 Å². The highest BCUT2D eigenvalue weighted by atomic mass is 14.6. The van der Waals surface area contributed by atoms with Crippen LogP contribution >= 0.6 is 0 Å². The van der Waals surface area contributed by atoms with E-state index in [2.05, 4.69) is 31.7 Å². The second-order valence-electron chi connectivity index (χ2n) is 3.91. The molecule has 1 nitrogen and oxygen atoms in total. The van der Waals surface area contributed by atoms with Gasteiger partial charge in [-0.1, -0.05) is 50.6 Å². The molecule has 0 radical (unpaired) electrons. The molecule has 0 aliphatic carbocycles. The summed E-state index contributed by atoms with van der Waals surface area (Å²) >= 11 is 0. The predicted octanol–water partition coefficient (Wildman–Crippen LogP) is 3.53. The normalized spacial score (nSPS) is 10.8. The molecule has 0 spiro atoms. The summed E-state index contributed by atoms with van der Waals surface area (Å²) in [7, 11) is 0. The van der Waals surface area contributed by atoms with E-state index in [9.17, 15) is 0 Å². The van der Waals surface area contributed by atoms with Gasteiger partial charge in [-0.2, -0.15) is 0 Å². The van der Waals surface area contributed by atoms with Crippen LogP contribution in [0.1, 0.15) is 26.3 Å². The van der Waals surface area contributed by atoms with Crippen molar-refractivity contribution < 1.29 is 0 Å². The third-order valence-corrected chi connectivity index (χ3v) is 1.84. The van der Waals surface area contributed by atoms with E-state index in [-0.39, 0.29) is 5.41 Å². The molecule has 0 unspecified atom stereocenters. The zero-order chi connectivity index (χ0) is 9.19. The summed E-state index contributed by atoms with van der Waals surface area (Å²) in [6.07, 6.45) is 0. The van der Waals surface area contributed by atoms with Crippen molar-refractivity contribution in [3.63, 3.8) is 0 Å². The van der Waals surface area contributed by atoms with E-state index in [1.807, 2.05) is 18.2 Å². The first kappa shape index (κ1) is 8.80. The summed E-state index contributed by atoms with van der Waals surface area (Å²) in [5.74, 6) is 0. The van der Waals surface area contributed by atoms with Gasteiger partial charge >= 0.3 is 0 Å². The quantitative estimate of drug-likeness (QED) is 0.510. The zero-order valence-electron chi connectivity index (χ0n) is 7.76. The average molecular weight is 159 g/mol. The minimum absolute atomic E-state index is 0.140. The molecular weight excluding hydrogens is 146 g/mol. The molecule has 0 heterocycles. The molecule has 0 fully saturated rings. The van der Waals surface area contributed by atoms with Gasteiger partial charge in [0.25, 0.3) is 0 Å². The van der Waals surface area contributed by atoms with Gasteiger partial charge in [0.15, 0.2) is 5.69 Å². The fourth-order valence-electron chi connectivity index (χ4n) is 1.04. The maximum Gasteiger partial charge on any atom is 0.187 e. The lowest BCUT2D eigenvalue weighted by Gasteiger charge is -2.18. The van der Waals surface area contributed by atoms with E-state index in [4.69, 9.17) is 6.57 Å².